The van der Waals surface area contributed by atoms with Gasteiger partial charge in [-0.05, 0) is 17.3 Å². The van der Waals surface area contributed by atoms with Gasteiger partial charge in [-0.1, -0.05) is 34.6 Å². The fraction of sp³-hybridized carbons (Fsp3) is 1.00. The maximum Gasteiger partial charge on any atom is 0.104 e. The van der Waals surface area contributed by atoms with Crippen molar-refractivity contribution in [2.24, 2.45) is 10.8 Å². The molecule has 0 aromatic rings. The second-order valence-electron chi connectivity index (χ2n) is 7.46. The van der Waals surface area contributed by atoms with Crippen LogP contribution in [0.2, 0.25) is 0 Å². The average molecular weight is 216 g/mol. The first-order chi connectivity index (χ1) is 6.35. The van der Waals surface area contributed by atoms with E-state index in [1.807, 2.05) is 0 Å². The van der Waals surface area contributed by atoms with E-state index in [0.29, 0.717) is 0 Å². The number of hydrogen-bond donors (Lipinski definition) is 1. The number of hydrogen-bond acceptors (Lipinski definition) is 1. The highest BCUT2D eigenvalue weighted by Crippen LogP contribution is 2.41. The summed E-state index contributed by atoms with van der Waals surface area (Å²) in [7, 11) is 6.36. The zero-order valence-electron chi connectivity index (χ0n) is 11.9. The third-order valence-electron chi connectivity index (χ3n) is 3.53. The number of quaternary nitrogens is 1. The molecule has 0 heterocycles. The van der Waals surface area contributed by atoms with Crippen LogP contribution in [0.4, 0.5) is 0 Å². The van der Waals surface area contributed by atoms with E-state index < -0.39 is 0 Å². The van der Waals surface area contributed by atoms with E-state index >= 15 is 0 Å². The van der Waals surface area contributed by atoms with Crippen molar-refractivity contribution in [1.82, 2.24) is 0 Å². The normalized spacial score (nSPS) is 16.6. The molecule has 0 radical (unpaired) electrons. The van der Waals surface area contributed by atoms with Crippen molar-refractivity contribution in [2.75, 3.05) is 27.7 Å². The molecule has 0 spiro atoms. The summed E-state index contributed by atoms with van der Waals surface area (Å²) in [4.78, 5) is 0. The number of likely N-dealkylation sites (N-methyl/N-ethyl adjacent to an activating group) is 1. The molecule has 0 aliphatic rings. The van der Waals surface area contributed by atoms with Crippen LogP contribution >= 0.6 is 0 Å². The molecule has 0 saturated heterocycles. The Balaban J connectivity index is 4.36. The largest absolute Gasteiger partial charge is 0.387 e. The minimum absolute atomic E-state index is 0.168. The van der Waals surface area contributed by atoms with Gasteiger partial charge < -0.3 is 9.59 Å². The second kappa shape index (κ2) is 4.42. The van der Waals surface area contributed by atoms with Crippen molar-refractivity contribution in [3.63, 3.8) is 0 Å². The molecule has 15 heavy (non-hydrogen) atoms. The molecular formula is C13H30NO+. The van der Waals surface area contributed by atoms with E-state index in [1.54, 1.807) is 0 Å². The highest BCUT2D eigenvalue weighted by Gasteiger charge is 2.35. The van der Waals surface area contributed by atoms with Crippen molar-refractivity contribution in [2.45, 2.75) is 47.1 Å². The molecule has 0 aromatic carbocycles. The Hall–Kier alpha value is -0.0800. The van der Waals surface area contributed by atoms with Gasteiger partial charge >= 0.3 is 0 Å². The summed E-state index contributed by atoms with van der Waals surface area (Å²) in [5, 5.41) is 10.1. The molecule has 92 valence electrons. The summed E-state index contributed by atoms with van der Waals surface area (Å²) in [6.07, 6.45) is 0.658. The molecular weight excluding hydrogens is 186 g/mol. The van der Waals surface area contributed by atoms with Crippen LogP contribution in [-0.4, -0.2) is 43.4 Å². The zero-order chi connectivity index (χ0) is 12.5. The van der Waals surface area contributed by atoms with Crippen LogP contribution in [-0.2, 0) is 0 Å². The maximum absolute atomic E-state index is 10.1. The lowest BCUT2D eigenvalue weighted by Crippen LogP contribution is -2.44. The van der Waals surface area contributed by atoms with Gasteiger partial charge in [0, 0.05) is 0 Å². The summed E-state index contributed by atoms with van der Waals surface area (Å²) in [6.45, 7) is 12.0. The molecule has 0 aromatic heterocycles. The van der Waals surface area contributed by atoms with Crippen LogP contribution in [0.1, 0.15) is 41.0 Å². The van der Waals surface area contributed by atoms with Crippen LogP contribution in [0.25, 0.3) is 0 Å². The predicted octanol–water partition coefficient (Wildman–Crippen LogP) is 2.52. The van der Waals surface area contributed by atoms with Crippen LogP contribution < -0.4 is 0 Å². The Morgan fingerprint density at radius 3 is 1.67 bits per heavy atom. The molecule has 2 nitrogen and oxygen atoms in total. The lowest BCUT2D eigenvalue weighted by molar-refractivity contribution is -0.873. The van der Waals surface area contributed by atoms with Crippen LogP contribution in [0, 0.1) is 10.8 Å². The predicted molar refractivity (Wildman–Crippen MR) is 66.8 cm³/mol. The van der Waals surface area contributed by atoms with E-state index in [0.717, 1.165) is 17.4 Å². The standard InChI is InChI=1S/C13H30NO/c1-12(2,3)13(4,5)9-11(15)10-14(6,7)8/h11,15H,9-10H2,1-8H3/q+1. The second-order valence-corrected chi connectivity index (χ2v) is 7.46. The topological polar surface area (TPSA) is 20.2 Å². The third-order valence-corrected chi connectivity index (χ3v) is 3.53. The Kier molecular flexibility index (Phi) is 4.40. The fourth-order valence-electron chi connectivity index (χ4n) is 1.59. The molecule has 0 bridgehead atoms. The third kappa shape index (κ3) is 5.53. The van der Waals surface area contributed by atoms with Crippen molar-refractivity contribution >= 4 is 0 Å². The van der Waals surface area contributed by atoms with E-state index in [9.17, 15) is 5.11 Å². The zero-order valence-corrected chi connectivity index (χ0v) is 11.9. The van der Waals surface area contributed by atoms with Gasteiger partial charge in [-0.2, -0.15) is 0 Å². The Morgan fingerprint density at radius 1 is 1.00 bits per heavy atom. The van der Waals surface area contributed by atoms with Gasteiger partial charge in [0.2, 0.25) is 0 Å². The highest BCUT2D eigenvalue weighted by molar-refractivity contribution is 4.84. The molecule has 0 aliphatic carbocycles. The monoisotopic (exact) mass is 216 g/mol. The van der Waals surface area contributed by atoms with Gasteiger partial charge in [0.05, 0.1) is 21.1 Å². The molecule has 0 rings (SSSR count). The Labute approximate surface area is 95.9 Å². The van der Waals surface area contributed by atoms with Crippen LogP contribution in [0.3, 0.4) is 0 Å². The van der Waals surface area contributed by atoms with Gasteiger partial charge in [0.1, 0.15) is 12.6 Å². The number of aliphatic hydroxyl groups excluding tert-OH is 1. The Morgan fingerprint density at radius 2 is 1.40 bits per heavy atom. The lowest BCUT2D eigenvalue weighted by atomic mass is 9.66. The first-order valence-corrected chi connectivity index (χ1v) is 5.84. The van der Waals surface area contributed by atoms with Crippen molar-refractivity contribution in [3.05, 3.63) is 0 Å². The first-order valence-electron chi connectivity index (χ1n) is 5.84. The number of rotatable bonds is 4. The fourth-order valence-corrected chi connectivity index (χ4v) is 1.59. The Bertz CT molecular complexity index is 196. The van der Waals surface area contributed by atoms with Gasteiger partial charge in [0.15, 0.2) is 0 Å². The summed E-state index contributed by atoms with van der Waals surface area (Å²) < 4.78 is 0.821. The van der Waals surface area contributed by atoms with E-state index in [2.05, 4.69) is 55.8 Å². The molecule has 1 atom stereocenters. The molecule has 0 fully saturated rings. The molecule has 2 heteroatoms. The van der Waals surface area contributed by atoms with Crippen LogP contribution in [0.5, 0.6) is 0 Å². The number of nitrogens with zero attached hydrogens (tertiary/aromatic N) is 1. The quantitative estimate of drug-likeness (QED) is 0.716. The smallest absolute Gasteiger partial charge is 0.104 e. The molecule has 1 N–H and O–H groups in total. The molecule has 0 amide bonds. The minimum atomic E-state index is -0.209. The minimum Gasteiger partial charge on any atom is -0.387 e. The van der Waals surface area contributed by atoms with Gasteiger partial charge in [-0.3, -0.25) is 0 Å². The van der Waals surface area contributed by atoms with Gasteiger partial charge in [-0.15, -0.1) is 0 Å². The van der Waals surface area contributed by atoms with Crippen LogP contribution in [0.15, 0.2) is 0 Å². The van der Waals surface area contributed by atoms with E-state index in [4.69, 9.17) is 0 Å². The summed E-state index contributed by atoms with van der Waals surface area (Å²) in [5.74, 6) is 0. The SMILES string of the molecule is CC(C)(C)C(C)(C)CC(O)C[N+](C)(C)C. The average Bonchev–Trinajstić information content (AvgIpc) is 1.75. The summed E-state index contributed by atoms with van der Waals surface area (Å²) >= 11 is 0. The van der Waals surface area contributed by atoms with Gasteiger partial charge in [0.25, 0.3) is 0 Å². The first kappa shape index (κ1) is 14.9. The van der Waals surface area contributed by atoms with Crippen molar-refractivity contribution in [3.8, 4) is 0 Å². The van der Waals surface area contributed by atoms with E-state index in [1.165, 1.54) is 0 Å². The summed E-state index contributed by atoms with van der Waals surface area (Å²) in [5.41, 5.74) is 0.403. The maximum atomic E-state index is 10.1. The summed E-state index contributed by atoms with van der Waals surface area (Å²) in [6, 6.07) is 0. The molecule has 1 unspecified atom stereocenters. The molecule has 0 saturated carbocycles. The lowest BCUT2D eigenvalue weighted by Gasteiger charge is -2.41. The van der Waals surface area contributed by atoms with Crippen molar-refractivity contribution in [1.29, 1.82) is 0 Å². The van der Waals surface area contributed by atoms with Gasteiger partial charge in [-0.25, -0.2) is 0 Å². The van der Waals surface area contributed by atoms with Crippen molar-refractivity contribution < 1.29 is 9.59 Å². The van der Waals surface area contributed by atoms with E-state index in [-0.39, 0.29) is 16.9 Å². The number of aliphatic hydroxyl groups is 1. The molecule has 0 aliphatic heterocycles. The highest BCUT2D eigenvalue weighted by atomic mass is 16.3.